The molecular weight excluding hydrogens is 274 g/mol. The summed E-state index contributed by atoms with van der Waals surface area (Å²) in [5, 5.41) is 3.05. The molecule has 0 heterocycles. The second-order valence-electron chi connectivity index (χ2n) is 5.99. The van der Waals surface area contributed by atoms with E-state index in [-0.39, 0.29) is 5.91 Å². The van der Waals surface area contributed by atoms with E-state index in [1.54, 1.807) is 0 Å². The van der Waals surface area contributed by atoms with Gasteiger partial charge in [0.25, 0.3) is 0 Å². The molecule has 0 aliphatic rings. The lowest BCUT2D eigenvalue weighted by Crippen LogP contribution is -2.29. The van der Waals surface area contributed by atoms with E-state index in [0.29, 0.717) is 18.9 Å². The molecule has 0 fully saturated rings. The van der Waals surface area contributed by atoms with Gasteiger partial charge < -0.3 is 10.1 Å². The summed E-state index contributed by atoms with van der Waals surface area (Å²) in [5.41, 5.74) is 1.22. The number of unbranched alkanes of at least 4 members (excludes halogenated alkanes) is 1. The van der Waals surface area contributed by atoms with E-state index in [1.807, 2.05) is 24.3 Å². The molecule has 1 atom stereocenters. The predicted octanol–water partition coefficient (Wildman–Crippen LogP) is 4.49. The number of nitrogens with one attached hydrogen (secondary N) is 1. The summed E-state index contributed by atoms with van der Waals surface area (Å²) in [6.07, 6.45) is 6.11. The Kier molecular flexibility index (Phi) is 9.36. The van der Waals surface area contributed by atoms with Crippen LogP contribution in [-0.4, -0.2) is 19.1 Å². The van der Waals surface area contributed by atoms with E-state index in [4.69, 9.17) is 4.74 Å². The third kappa shape index (κ3) is 8.06. The Morgan fingerprint density at radius 1 is 1.18 bits per heavy atom. The topological polar surface area (TPSA) is 38.3 Å². The molecule has 0 aromatic heterocycles. The number of ether oxygens (including phenoxy) is 1. The average Bonchev–Trinajstić information content (AvgIpc) is 2.53. The Morgan fingerprint density at radius 3 is 2.55 bits per heavy atom. The molecule has 3 nitrogen and oxygen atoms in total. The highest BCUT2D eigenvalue weighted by molar-refractivity contribution is 5.75. The van der Waals surface area contributed by atoms with Crippen LogP contribution in [0.5, 0.6) is 5.75 Å². The quantitative estimate of drug-likeness (QED) is 0.612. The molecule has 1 aromatic rings. The van der Waals surface area contributed by atoms with E-state index in [0.717, 1.165) is 25.1 Å². The van der Waals surface area contributed by atoms with Crippen LogP contribution < -0.4 is 10.1 Å². The zero-order valence-electron chi connectivity index (χ0n) is 14.4. The van der Waals surface area contributed by atoms with Gasteiger partial charge in [-0.25, -0.2) is 0 Å². The summed E-state index contributed by atoms with van der Waals surface area (Å²) >= 11 is 0. The molecular formula is C19H31NO2. The minimum Gasteiger partial charge on any atom is -0.494 e. The van der Waals surface area contributed by atoms with Gasteiger partial charge in [-0.05, 0) is 37.8 Å². The van der Waals surface area contributed by atoms with Crippen LogP contribution in [0.1, 0.15) is 57.9 Å². The summed E-state index contributed by atoms with van der Waals surface area (Å²) in [6, 6.07) is 8.00. The molecule has 0 radical (unpaired) electrons. The first kappa shape index (κ1) is 18.5. The second-order valence-corrected chi connectivity index (χ2v) is 5.99. The maximum atomic E-state index is 11.8. The first-order valence-corrected chi connectivity index (χ1v) is 8.61. The highest BCUT2D eigenvalue weighted by Crippen LogP contribution is 2.12. The number of rotatable bonds is 11. The van der Waals surface area contributed by atoms with E-state index in [1.165, 1.54) is 24.8 Å². The van der Waals surface area contributed by atoms with Gasteiger partial charge in [0.15, 0.2) is 0 Å². The number of carbonyl (C=O) groups is 1. The number of hydrogen-bond donors (Lipinski definition) is 1. The Balaban J connectivity index is 2.11. The van der Waals surface area contributed by atoms with Gasteiger partial charge >= 0.3 is 0 Å². The fraction of sp³-hybridized carbons (Fsp3) is 0.632. The summed E-state index contributed by atoms with van der Waals surface area (Å²) in [5.74, 6) is 1.63. The highest BCUT2D eigenvalue weighted by atomic mass is 16.5. The molecule has 22 heavy (non-hydrogen) atoms. The van der Waals surface area contributed by atoms with E-state index in [2.05, 4.69) is 26.1 Å². The monoisotopic (exact) mass is 305 g/mol. The standard InChI is InChI=1S/C19H31NO2/c1-4-6-8-17(5-2)15-20-19(21)9-7-14-22-18-12-10-16(3)11-13-18/h10-13,17H,4-9,14-15H2,1-3H3,(H,20,21)/t17-/m0/s1. The van der Waals surface area contributed by atoms with E-state index < -0.39 is 0 Å². The van der Waals surface area contributed by atoms with Gasteiger partial charge in [0.2, 0.25) is 5.91 Å². The average molecular weight is 305 g/mol. The van der Waals surface area contributed by atoms with Crippen LogP contribution in [0.25, 0.3) is 0 Å². The summed E-state index contributed by atoms with van der Waals surface area (Å²) in [6.45, 7) is 7.86. The van der Waals surface area contributed by atoms with Gasteiger partial charge in [0, 0.05) is 13.0 Å². The molecule has 124 valence electrons. The SMILES string of the molecule is CCCC[C@H](CC)CNC(=O)CCCOc1ccc(C)cc1. The van der Waals surface area contributed by atoms with Crippen LogP contribution in [0.2, 0.25) is 0 Å². The molecule has 0 aliphatic carbocycles. The third-order valence-electron chi connectivity index (χ3n) is 3.97. The molecule has 0 saturated carbocycles. The fourth-order valence-corrected chi connectivity index (χ4v) is 2.35. The first-order chi connectivity index (χ1) is 10.7. The van der Waals surface area contributed by atoms with Crippen molar-refractivity contribution in [2.24, 2.45) is 5.92 Å². The van der Waals surface area contributed by atoms with Gasteiger partial charge in [-0.1, -0.05) is 50.8 Å². The Hall–Kier alpha value is -1.51. The lowest BCUT2D eigenvalue weighted by atomic mass is 9.99. The van der Waals surface area contributed by atoms with Crippen LogP contribution >= 0.6 is 0 Å². The van der Waals surface area contributed by atoms with Crippen molar-refractivity contribution in [3.8, 4) is 5.75 Å². The molecule has 0 bridgehead atoms. The number of carbonyl (C=O) groups excluding carboxylic acids is 1. The second kappa shape index (κ2) is 11.1. The Morgan fingerprint density at radius 2 is 1.91 bits per heavy atom. The lowest BCUT2D eigenvalue weighted by molar-refractivity contribution is -0.121. The largest absolute Gasteiger partial charge is 0.494 e. The molecule has 1 amide bonds. The number of hydrogen-bond acceptors (Lipinski definition) is 2. The lowest BCUT2D eigenvalue weighted by Gasteiger charge is -2.15. The van der Waals surface area contributed by atoms with Crippen molar-refractivity contribution in [3.05, 3.63) is 29.8 Å². The van der Waals surface area contributed by atoms with Crippen molar-refractivity contribution in [1.82, 2.24) is 5.32 Å². The van der Waals surface area contributed by atoms with Gasteiger partial charge in [-0.2, -0.15) is 0 Å². The van der Waals surface area contributed by atoms with E-state index in [9.17, 15) is 4.79 Å². The van der Waals surface area contributed by atoms with Crippen LogP contribution in [0.3, 0.4) is 0 Å². The van der Waals surface area contributed by atoms with Crippen molar-refractivity contribution in [3.63, 3.8) is 0 Å². The maximum absolute atomic E-state index is 11.8. The van der Waals surface area contributed by atoms with Crippen molar-refractivity contribution in [2.75, 3.05) is 13.2 Å². The van der Waals surface area contributed by atoms with Gasteiger partial charge in [-0.15, -0.1) is 0 Å². The maximum Gasteiger partial charge on any atom is 0.220 e. The van der Waals surface area contributed by atoms with Crippen molar-refractivity contribution in [1.29, 1.82) is 0 Å². The molecule has 1 rings (SSSR count). The van der Waals surface area contributed by atoms with Crippen molar-refractivity contribution < 1.29 is 9.53 Å². The van der Waals surface area contributed by atoms with Gasteiger partial charge in [0.05, 0.1) is 6.61 Å². The minimum absolute atomic E-state index is 0.141. The normalized spacial score (nSPS) is 12.0. The molecule has 0 spiro atoms. The van der Waals surface area contributed by atoms with Crippen LogP contribution in [0, 0.1) is 12.8 Å². The van der Waals surface area contributed by atoms with Gasteiger partial charge in [-0.3, -0.25) is 4.79 Å². The summed E-state index contributed by atoms with van der Waals surface area (Å²) < 4.78 is 5.63. The van der Waals surface area contributed by atoms with Gasteiger partial charge in [0.1, 0.15) is 5.75 Å². The Labute approximate surface area is 135 Å². The van der Waals surface area contributed by atoms with Crippen LogP contribution in [0.15, 0.2) is 24.3 Å². The molecule has 3 heteroatoms. The molecule has 0 aliphatic heterocycles. The molecule has 1 aromatic carbocycles. The predicted molar refractivity (Wildman–Crippen MR) is 92.2 cm³/mol. The number of benzene rings is 1. The zero-order valence-corrected chi connectivity index (χ0v) is 14.4. The third-order valence-corrected chi connectivity index (χ3v) is 3.97. The summed E-state index contributed by atoms with van der Waals surface area (Å²) in [7, 11) is 0. The molecule has 0 unspecified atom stereocenters. The number of amides is 1. The first-order valence-electron chi connectivity index (χ1n) is 8.61. The molecule has 0 saturated heterocycles. The smallest absolute Gasteiger partial charge is 0.220 e. The summed E-state index contributed by atoms with van der Waals surface area (Å²) in [4.78, 5) is 11.8. The van der Waals surface area contributed by atoms with Crippen LogP contribution in [0.4, 0.5) is 0 Å². The number of aryl methyl sites for hydroxylation is 1. The highest BCUT2D eigenvalue weighted by Gasteiger charge is 2.08. The van der Waals surface area contributed by atoms with Crippen LogP contribution in [-0.2, 0) is 4.79 Å². The van der Waals surface area contributed by atoms with Crippen molar-refractivity contribution in [2.45, 2.75) is 59.3 Å². The Bertz CT molecular complexity index is 414. The molecule has 1 N–H and O–H groups in total. The zero-order chi connectivity index (χ0) is 16.2. The van der Waals surface area contributed by atoms with Crippen molar-refractivity contribution >= 4 is 5.91 Å². The minimum atomic E-state index is 0.141. The van der Waals surface area contributed by atoms with E-state index >= 15 is 0 Å². The fourth-order valence-electron chi connectivity index (χ4n) is 2.35.